The fraction of sp³-hybridized carbons (Fsp3) is 0.647. The predicted octanol–water partition coefficient (Wildman–Crippen LogP) is 3.46. The molecule has 1 aromatic heterocycles. The number of nitrogens with zero attached hydrogens (tertiary/aromatic N) is 1. The van der Waals surface area contributed by atoms with Crippen molar-refractivity contribution < 1.29 is 4.79 Å². The van der Waals surface area contributed by atoms with Crippen molar-refractivity contribution in [2.75, 3.05) is 11.9 Å². The molecular weight excluding hydrogens is 262 g/mol. The van der Waals surface area contributed by atoms with Crippen LogP contribution in [0.5, 0.6) is 0 Å². The normalized spacial score (nSPS) is 25.4. The summed E-state index contributed by atoms with van der Waals surface area (Å²) in [6.45, 7) is 7.51. The van der Waals surface area contributed by atoms with E-state index in [0.717, 1.165) is 31.5 Å². The zero-order valence-corrected chi connectivity index (χ0v) is 13.4. The van der Waals surface area contributed by atoms with Crippen molar-refractivity contribution in [3.63, 3.8) is 0 Å². The van der Waals surface area contributed by atoms with Crippen molar-refractivity contribution in [3.05, 3.63) is 24.0 Å². The van der Waals surface area contributed by atoms with Gasteiger partial charge in [0.15, 0.2) is 0 Å². The molecule has 2 atom stereocenters. The standard InChI is InChI=1S/C17H27N3O/c1-4-6-19-16-5-7-18-11-15(16)17(21)20-14-9-12(2)8-13(3)10-14/h5,7,11-14H,4,6,8-10H2,1-3H3,(H,18,19)(H,20,21). The molecule has 21 heavy (non-hydrogen) atoms. The molecule has 4 nitrogen and oxygen atoms in total. The van der Waals surface area contributed by atoms with E-state index in [9.17, 15) is 4.79 Å². The maximum atomic E-state index is 12.5. The van der Waals surface area contributed by atoms with Gasteiger partial charge in [0.05, 0.1) is 11.3 Å². The highest BCUT2D eigenvalue weighted by molar-refractivity contribution is 5.99. The smallest absolute Gasteiger partial charge is 0.255 e. The second-order valence-corrected chi connectivity index (χ2v) is 6.44. The Labute approximate surface area is 127 Å². The third kappa shape index (κ3) is 4.45. The molecule has 1 fully saturated rings. The molecule has 0 aromatic carbocycles. The van der Waals surface area contributed by atoms with E-state index >= 15 is 0 Å². The van der Waals surface area contributed by atoms with Crippen LogP contribution in [0.15, 0.2) is 18.5 Å². The lowest BCUT2D eigenvalue weighted by atomic mass is 9.80. The highest BCUT2D eigenvalue weighted by Gasteiger charge is 2.25. The Morgan fingerprint density at radius 3 is 2.67 bits per heavy atom. The van der Waals surface area contributed by atoms with Gasteiger partial charge in [-0.05, 0) is 43.6 Å². The molecule has 0 saturated heterocycles. The molecule has 0 radical (unpaired) electrons. The number of pyridine rings is 1. The van der Waals surface area contributed by atoms with Crippen LogP contribution in [0.2, 0.25) is 0 Å². The Kier molecular flexibility index (Phi) is 5.59. The number of hydrogen-bond donors (Lipinski definition) is 2. The van der Waals surface area contributed by atoms with E-state index in [4.69, 9.17) is 0 Å². The van der Waals surface area contributed by atoms with Gasteiger partial charge in [-0.2, -0.15) is 0 Å². The molecule has 1 heterocycles. The van der Waals surface area contributed by atoms with Gasteiger partial charge in [-0.1, -0.05) is 20.8 Å². The van der Waals surface area contributed by atoms with Crippen LogP contribution < -0.4 is 10.6 Å². The summed E-state index contributed by atoms with van der Waals surface area (Å²) < 4.78 is 0. The van der Waals surface area contributed by atoms with E-state index in [-0.39, 0.29) is 11.9 Å². The molecule has 116 valence electrons. The van der Waals surface area contributed by atoms with Crippen LogP contribution in [-0.2, 0) is 0 Å². The molecule has 0 aliphatic heterocycles. The van der Waals surface area contributed by atoms with Crippen LogP contribution in [0.1, 0.15) is 56.8 Å². The average molecular weight is 289 g/mol. The number of aromatic nitrogens is 1. The molecular formula is C17H27N3O. The first-order chi connectivity index (χ1) is 10.1. The minimum absolute atomic E-state index is 0.00648. The van der Waals surface area contributed by atoms with Crippen molar-refractivity contribution in [2.24, 2.45) is 11.8 Å². The van der Waals surface area contributed by atoms with Gasteiger partial charge in [-0.25, -0.2) is 0 Å². The number of rotatable bonds is 5. The molecule has 0 spiro atoms. The first-order valence-electron chi connectivity index (χ1n) is 8.08. The number of hydrogen-bond acceptors (Lipinski definition) is 3. The SMILES string of the molecule is CCCNc1ccncc1C(=O)NC1CC(C)CC(C)C1. The number of amides is 1. The Hall–Kier alpha value is -1.58. The summed E-state index contributed by atoms with van der Waals surface area (Å²) >= 11 is 0. The molecule has 1 amide bonds. The van der Waals surface area contributed by atoms with E-state index in [1.807, 2.05) is 6.07 Å². The van der Waals surface area contributed by atoms with Crippen LogP contribution in [0.4, 0.5) is 5.69 Å². The quantitative estimate of drug-likeness (QED) is 0.873. The largest absolute Gasteiger partial charge is 0.384 e. The average Bonchev–Trinajstić information content (AvgIpc) is 2.44. The zero-order valence-electron chi connectivity index (χ0n) is 13.4. The van der Waals surface area contributed by atoms with Gasteiger partial charge in [0, 0.05) is 25.0 Å². The van der Waals surface area contributed by atoms with Crippen molar-refractivity contribution >= 4 is 11.6 Å². The maximum absolute atomic E-state index is 12.5. The van der Waals surface area contributed by atoms with Gasteiger partial charge in [-0.3, -0.25) is 9.78 Å². The third-order valence-corrected chi connectivity index (χ3v) is 4.14. The van der Waals surface area contributed by atoms with Gasteiger partial charge in [0.2, 0.25) is 0 Å². The van der Waals surface area contributed by atoms with Crippen LogP contribution in [0.25, 0.3) is 0 Å². The van der Waals surface area contributed by atoms with Crippen LogP contribution in [-0.4, -0.2) is 23.5 Å². The van der Waals surface area contributed by atoms with Gasteiger partial charge in [-0.15, -0.1) is 0 Å². The van der Waals surface area contributed by atoms with Crippen LogP contribution >= 0.6 is 0 Å². The fourth-order valence-corrected chi connectivity index (χ4v) is 3.32. The minimum Gasteiger partial charge on any atom is -0.384 e. The van der Waals surface area contributed by atoms with Crippen molar-refractivity contribution in [3.8, 4) is 0 Å². The molecule has 2 N–H and O–H groups in total. The first kappa shape index (κ1) is 15.8. The Bertz CT molecular complexity index is 465. The lowest BCUT2D eigenvalue weighted by molar-refractivity contribution is 0.0911. The van der Waals surface area contributed by atoms with Crippen molar-refractivity contribution in [2.45, 2.75) is 52.5 Å². The van der Waals surface area contributed by atoms with E-state index in [2.05, 4.69) is 36.4 Å². The maximum Gasteiger partial charge on any atom is 0.255 e. The number of nitrogens with one attached hydrogen (secondary N) is 2. The Morgan fingerprint density at radius 2 is 2.00 bits per heavy atom. The Morgan fingerprint density at radius 1 is 1.29 bits per heavy atom. The topological polar surface area (TPSA) is 54.0 Å². The summed E-state index contributed by atoms with van der Waals surface area (Å²) in [4.78, 5) is 16.6. The fourth-order valence-electron chi connectivity index (χ4n) is 3.32. The predicted molar refractivity (Wildman–Crippen MR) is 86.5 cm³/mol. The minimum atomic E-state index is -0.00648. The van der Waals surface area contributed by atoms with Gasteiger partial charge >= 0.3 is 0 Å². The lowest BCUT2D eigenvalue weighted by Crippen LogP contribution is -2.40. The monoisotopic (exact) mass is 289 g/mol. The lowest BCUT2D eigenvalue weighted by Gasteiger charge is -2.32. The van der Waals surface area contributed by atoms with E-state index in [1.54, 1.807) is 12.4 Å². The highest BCUT2D eigenvalue weighted by Crippen LogP contribution is 2.28. The number of carbonyl (C=O) groups excluding carboxylic acids is 1. The van der Waals surface area contributed by atoms with E-state index in [1.165, 1.54) is 6.42 Å². The summed E-state index contributed by atoms with van der Waals surface area (Å²) in [5.41, 5.74) is 1.53. The summed E-state index contributed by atoms with van der Waals surface area (Å²) in [5.74, 6) is 1.37. The Balaban J connectivity index is 2.02. The van der Waals surface area contributed by atoms with E-state index < -0.39 is 0 Å². The highest BCUT2D eigenvalue weighted by atomic mass is 16.1. The number of anilines is 1. The van der Waals surface area contributed by atoms with Crippen molar-refractivity contribution in [1.29, 1.82) is 0 Å². The summed E-state index contributed by atoms with van der Waals surface area (Å²) in [7, 11) is 0. The second kappa shape index (κ2) is 7.43. The molecule has 4 heteroatoms. The molecule has 1 aliphatic rings. The van der Waals surface area contributed by atoms with Crippen LogP contribution in [0, 0.1) is 11.8 Å². The van der Waals surface area contributed by atoms with Gasteiger partial charge < -0.3 is 10.6 Å². The summed E-state index contributed by atoms with van der Waals surface area (Å²) in [6, 6.07) is 2.16. The second-order valence-electron chi connectivity index (χ2n) is 6.44. The molecule has 1 saturated carbocycles. The molecule has 1 aromatic rings. The third-order valence-electron chi connectivity index (χ3n) is 4.14. The van der Waals surface area contributed by atoms with Gasteiger partial charge in [0.1, 0.15) is 0 Å². The molecule has 2 rings (SSSR count). The van der Waals surface area contributed by atoms with Gasteiger partial charge in [0.25, 0.3) is 5.91 Å². The van der Waals surface area contributed by atoms with Crippen molar-refractivity contribution in [1.82, 2.24) is 10.3 Å². The number of carbonyl (C=O) groups is 1. The zero-order chi connectivity index (χ0) is 15.2. The first-order valence-corrected chi connectivity index (χ1v) is 8.08. The summed E-state index contributed by atoms with van der Waals surface area (Å²) in [6.07, 6.45) is 7.83. The molecule has 2 unspecified atom stereocenters. The van der Waals surface area contributed by atoms with Crippen LogP contribution in [0.3, 0.4) is 0 Å². The van der Waals surface area contributed by atoms with E-state index in [0.29, 0.717) is 17.4 Å². The molecule has 1 aliphatic carbocycles. The summed E-state index contributed by atoms with van der Waals surface area (Å²) in [5, 5.41) is 6.49. The molecule has 0 bridgehead atoms.